The third kappa shape index (κ3) is 1.96. The Labute approximate surface area is 102 Å². The summed E-state index contributed by atoms with van der Waals surface area (Å²) in [6.07, 6.45) is 6.61. The predicted molar refractivity (Wildman–Crippen MR) is 62.7 cm³/mol. The lowest BCUT2D eigenvalue weighted by molar-refractivity contribution is -0.120. The molecule has 0 spiro atoms. The van der Waals surface area contributed by atoms with Crippen LogP contribution in [-0.2, 0) is 4.79 Å². The van der Waals surface area contributed by atoms with Crippen LogP contribution in [0.1, 0.15) is 19.3 Å². The molecule has 1 aromatic rings. The molecule has 0 aromatic carbocycles. The maximum absolute atomic E-state index is 11.9. The number of carbonyl (C=O) groups excluding carboxylic acids is 1. The van der Waals surface area contributed by atoms with Crippen LogP contribution in [0, 0.1) is 17.8 Å². The van der Waals surface area contributed by atoms with E-state index in [4.69, 9.17) is 0 Å². The number of aromatic nitrogens is 2. The van der Waals surface area contributed by atoms with Crippen LogP contribution in [0.25, 0.3) is 0 Å². The molecule has 1 amide bonds. The molecule has 2 atom stereocenters. The van der Waals surface area contributed by atoms with Crippen molar-refractivity contribution in [1.82, 2.24) is 9.97 Å². The lowest BCUT2D eigenvalue weighted by Gasteiger charge is -2.11. The molecule has 5 heteroatoms. The van der Waals surface area contributed by atoms with Crippen LogP contribution in [-0.4, -0.2) is 15.9 Å². The van der Waals surface area contributed by atoms with Gasteiger partial charge in [0.25, 0.3) is 0 Å². The van der Waals surface area contributed by atoms with Gasteiger partial charge in [-0.1, -0.05) is 0 Å². The Hall–Kier alpha value is -0.970. The normalized spacial score (nSPS) is 30.9. The lowest BCUT2D eigenvalue weighted by Crippen LogP contribution is -2.22. The van der Waals surface area contributed by atoms with Crippen LogP contribution in [0.15, 0.2) is 17.0 Å². The monoisotopic (exact) mass is 281 g/mol. The van der Waals surface area contributed by atoms with E-state index in [-0.39, 0.29) is 11.8 Å². The molecule has 1 heterocycles. The van der Waals surface area contributed by atoms with Gasteiger partial charge in [-0.3, -0.25) is 9.78 Å². The summed E-state index contributed by atoms with van der Waals surface area (Å²) in [6.45, 7) is 0. The minimum atomic E-state index is 0.0969. The van der Waals surface area contributed by atoms with Gasteiger partial charge in [-0.15, -0.1) is 0 Å². The van der Waals surface area contributed by atoms with Gasteiger partial charge in [-0.2, -0.15) is 0 Å². The molecule has 4 nitrogen and oxygen atoms in total. The highest BCUT2D eigenvalue weighted by atomic mass is 79.9. The molecule has 0 aliphatic heterocycles. The molecule has 0 saturated heterocycles. The second-order valence-corrected chi connectivity index (χ2v) is 5.45. The summed E-state index contributed by atoms with van der Waals surface area (Å²) in [6, 6.07) is 0. The third-order valence-electron chi connectivity index (χ3n) is 3.47. The molecule has 84 valence electrons. The van der Waals surface area contributed by atoms with Gasteiger partial charge < -0.3 is 5.32 Å². The van der Waals surface area contributed by atoms with Gasteiger partial charge in [-0.25, -0.2) is 4.98 Å². The summed E-state index contributed by atoms with van der Waals surface area (Å²) in [5.74, 6) is 2.46. The van der Waals surface area contributed by atoms with Crippen LogP contribution in [0.4, 0.5) is 5.82 Å². The fraction of sp³-hybridized carbons (Fsp3) is 0.545. The molecule has 2 unspecified atom stereocenters. The molecular formula is C11H12BrN3O. The predicted octanol–water partition coefficient (Wildman–Crippen LogP) is 2.22. The van der Waals surface area contributed by atoms with Crippen LogP contribution in [0.5, 0.6) is 0 Å². The molecule has 3 rings (SSSR count). The molecule has 2 aliphatic rings. The molecule has 0 radical (unpaired) electrons. The average molecular weight is 282 g/mol. The zero-order chi connectivity index (χ0) is 11.1. The van der Waals surface area contributed by atoms with Crippen LogP contribution >= 0.6 is 15.9 Å². The van der Waals surface area contributed by atoms with E-state index in [0.29, 0.717) is 10.4 Å². The number of nitrogens with zero attached hydrogens (tertiary/aromatic N) is 2. The van der Waals surface area contributed by atoms with Gasteiger partial charge in [0.05, 0.1) is 12.4 Å². The number of hydrogen-bond acceptors (Lipinski definition) is 3. The van der Waals surface area contributed by atoms with Crippen molar-refractivity contribution in [2.75, 3.05) is 5.32 Å². The van der Waals surface area contributed by atoms with Crippen molar-refractivity contribution in [3.63, 3.8) is 0 Å². The van der Waals surface area contributed by atoms with E-state index in [9.17, 15) is 4.79 Å². The number of anilines is 1. The Morgan fingerprint density at radius 2 is 2.06 bits per heavy atom. The van der Waals surface area contributed by atoms with E-state index in [1.54, 1.807) is 12.4 Å². The van der Waals surface area contributed by atoms with Gasteiger partial charge in [0.15, 0.2) is 5.82 Å². The highest BCUT2D eigenvalue weighted by molar-refractivity contribution is 9.10. The van der Waals surface area contributed by atoms with E-state index in [1.807, 2.05) is 0 Å². The Kier molecular flexibility index (Phi) is 2.42. The molecule has 2 aliphatic carbocycles. The minimum Gasteiger partial charge on any atom is -0.309 e. The van der Waals surface area contributed by atoms with Gasteiger partial charge in [0.2, 0.25) is 5.91 Å². The first kappa shape index (κ1) is 10.2. The third-order valence-corrected chi connectivity index (χ3v) is 3.85. The maximum atomic E-state index is 11.9. The summed E-state index contributed by atoms with van der Waals surface area (Å²) in [7, 11) is 0. The van der Waals surface area contributed by atoms with Crippen LogP contribution in [0.2, 0.25) is 0 Å². The van der Waals surface area contributed by atoms with Gasteiger partial charge in [0, 0.05) is 5.92 Å². The summed E-state index contributed by atoms with van der Waals surface area (Å²) in [4.78, 5) is 20.0. The number of nitrogens with one attached hydrogen (secondary N) is 1. The SMILES string of the molecule is O=C(Nc1cncc(Br)n1)C1CC2CC2C1. The van der Waals surface area contributed by atoms with Crippen molar-refractivity contribution in [3.8, 4) is 0 Å². The minimum absolute atomic E-state index is 0.0969. The quantitative estimate of drug-likeness (QED) is 0.905. The van der Waals surface area contributed by atoms with Crippen LogP contribution < -0.4 is 5.32 Å². The largest absolute Gasteiger partial charge is 0.309 e. The topological polar surface area (TPSA) is 54.9 Å². The molecule has 2 fully saturated rings. The Balaban J connectivity index is 1.64. The Morgan fingerprint density at radius 3 is 2.75 bits per heavy atom. The summed E-state index contributed by atoms with van der Waals surface area (Å²) >= 11 is 3.23. The first-order valence-electron chi connectivity index (χ1n) is 5.51. The summed E-state index contributed by atoms with van der Waals surface area (Å²) < 4.78 is 0.638. The molecule has 16 heavy (non-hydrogen) atoms. The van der Waals surface area contributed by atoms with Gasteiger partial charge in [-0.05, 0) is 47.0 Å². The molecular weight excluding hydrogens is 270 g/mol. The second kappa shape index (κ2) is 3.80. The van der Waals surface area contributed by atoms with E-state index in [2.05, 4.69) is 31.2 Å². The number of halogens is 1. The number of hydrogen-bond donors (Lipinski definition) is 1. The van der Waals surface area contributed by atoms with E-state index < -0.39 is 0 Å². The van der Waals surface area contributed by atoms with Crippen molar-refractivity contribution in [3.05, 3.63) is 17.0 Å². The zero-order valence-corrected chi connectivity index (χ0v) is 10.3. The first-order chi connectivity index (χ1) is 7.72. The van der Waals surface area contributed by atoms with Crippen LogP contribution in [0.3, 0.4) is 0 Å². The average Bonchev–Trinajstić information content (AvgIpc) is 2.86. The number of fused-ring (bicyclic) bond motifs is 1. The van der Waals surface area contributed by atoms with Crippen molar-refractivity contribution < 1.29 is 4.79 Å². The zero-order valence-electron chi connectivity index (χ0n) is 8.69. The Bertz CT molecular complexity index is 427. The maximum Gasteiger partial charge on any atom is 0.228 e. The molecule has 1 aromatic heterocycles. The van der Waals surface area contributed by atoms with Gasteiger partial charge in [0.1, 0.15) is 4.60 Å². The van der Waals surface area contributed by atoms with Crippen molar-refractivity contribution in [2.24, 2.45) is 17.8 Å². The van der Waals surface area contributed by atoms with Gasteiger partial charge >= 0.3 is 0 Å². The second-order valence-electron chi connectivity index (χ2n) is 4.64. The number of amides is 1. The standard InChI is InChI=1S/C11H12BrN3O/c12-9-4-13-5-10(14-9)15-11(16)8-2-6-1-7(6)3-8/h4-8H,1-3H2,(H,14,15,16). The van der Waals surface area contributed by atoms with Crippen molar-refractivity contribution >= 4 is 27.7 Å². The van der Waals surface area contributed by atoms with E-state index in [0.717, 1.165) is 24.7 Å². The van der Waals surface area contributed by atoms with Crippen molar-refractivity contribution in [1.29, 1.82) is 0 Å². The molecule has 1 N–H and O–H groups in total. The fourth-order valence-corrected chi connectivity index (χ4v) is 2.87. The highest BCUT2D eigenvalue weighted by Gasteiger charge is 2.48. The highest BCUT2D eigenvalue weighted by Crippen LogP contribution is 2.54. The lowest BCUT2D eigenvalue weighted by atomic mass is 10.0. The first-order valence-corrected chi connectivity index (χ1v) is 6.30. The molecule has 2 saturated carbocycles. The van der Waals surface area contributed by atoms with Crippen molar-refractivity contribution in [2.45, 2.75) is 19.3 Å². The Morgan fingerprint density at radius 1 is 1.31 bits per heavy atom. The fourth-order valence-electron chi connectivity index (χ4n) is 2.56. The number of rotatable bonds is 2. The molecule has 0 bridgehead atoms. The summed E-state index contributed by atoms with van der Waals surface area (Å²) in [5, 5.41) is 2.82. The number of carbonyl (C=O) groups is 1. The summed E-state index contributed by atoms with van der Waals surface area (Å²) in [5.41, 5.74) is 0. The smallest absolute Gasteiger partial charge is 0.228 e. The van der Waals surface area contributed by atoms with E-state index in [1.165, 1.54) is 6.42 Å². The van der Waals surface area contributed by atoms with E-state index >= 15 is 0 Å².